The lowest BCUT2D eigenvalue weighted by atomic mass is 9.90. The maximum Gasteiger partial charge on any atom is 0.206 e. The van der Waals surface area contributed by atoms with E-state index in [1.807, 2.05) is 0 Å². The van der Waals surface area contributed by atoms with Gasteiger partial charge in [0.15, 0.2) is 0 Å². The first-order valence-corrected chi connectivity index (χ1v) is 6.21. The van der Waals surface area contributed by atoms with Gasteiger partial charge in [0, 0.05) is 0 Å². The van der Waals surface area contributed by atoms with Gasteiger partial charge in [-0.25, -0.2) is 0 Å². The molecule has 0 heterocycles. The fourth-order valence-electron chi connectivity index (χ4n) is 0.696. The molecule has 0 aromatic rings. The summed E-state index contributed by atoms with van der Waals surface area (Å²) in [6.07, 6.45) is 5.31. The molecule has 0 saturated carbocycles. The van der Waals surface area contributed by atoms with Gasteiger partial charge in [0.25, 0.3) is 0 Å². The van der Waals surface area contributed by atoms with E-state index in [0.29, 0.717) is 0 Å². The van der Waals surface area contributed by atoms with Gasteiger partial charge in [0.1, 0.15) is 6.10 Å². The van der Waals surface area contributed by atoms with Crippen molar-refractivity contribution in [3.63, 3.8) is 0 Å². The Bertz CT molecular complexity index is 150. The van der Waals surface area contributed by atoms with Crippen LogP contribution in [-0.4, -0.2) is 15.1 Å². The van der Waals surface area contributed by atoms with Crippen LogP contribution in [0.5, 0.6) is 0 Å². The fraction of sp³-hybridized carbons (Fsp3) is 0.778. The molecule has 1 atom stereocenters. The van der Waals surface area contributed by atoms with Gasteiger partial charge in [-0.05, 0) is 18.5 Å². The monoisotopic (exact) mass is 169 g/mol. The molecular weight excluding hydrogens is 152 g/mol. The molecule has 1 unspecified atom stereocenters. The molecule has 1 radical (unpaired) electrons. The standard InChI is InChI=1S/C9H17OSi/c1-7-8(9(2,3)4)10-11(5)6/h1,8H,2-6H3. The van der Waals surface area contributed by atoms with Crippen molar-refractivity contribution in [2.45, 2.75) is 40.0 Å². The molecule has 0 amide bonds. The first-order valence-electron chi connectivity index (χ1n) is 3.81. The Hall–Kier alpha value is -0.263. The van der Waals surface area contributed by atoms with E-state index in [4.69, 9.17) is 10.8 Å². The molecule has 2 heteroatoms. The lowest BCUT2D eigenvalue weighted by molar-refractivity contribution is 0.138. The van der Waals surface area contributed by atoms with Crippen molar-refractivity contribution in [2.75, 3.05) is 0 Å². The summed E-state index contributed by atoms with van der Waals surface area (Å²) in [4.78, 5) is 0. The maximum absolute atomic E-state index is 5.63. The minimum absolute atomic E-state index is 0.0358. The van der Waals surface area contributed by atoms with Crippen molar-refractivity contribution in [3.8, 4) is 12.3 Å². The fourth-order valence-corrected chi connectivity index (χ4v) is 1.59. The Morgan fingerprint density at radius 3 is 1.91 bits per heavy atom. The predicted molar refractivity (Wildman–Crippen MR) is 50.6 cm³/mol. The smallest absolute Gasteiger partial charge is 0.206 e. The molecule has 0 N–H and O–H groups in total. The molecule has 11 heavy (non-hydrogen) atoms. The Morgan fingerprint density at radius 1 is 1.36 bits per heavy atom. The summed E-state index contributed by atoms with van der Waals surface area (Å²) in [5.41, 5.74) is 0.0662. The van der Waals surface area contributed by atoms with Crippen LogP contribution in [0.3, 0.4) is 0 Å². The number of terminal acetylenes is 1. The molecular formula is C9H17OSi. The minimum Gasteiger partial charge on any atom is -0.403 e. The zero-order chi connectivity index (χ0) is 9.07. The van der Waals surface area contributed by atoms with Gasteiger partial charge in [0.05, 0.1) is 0 Å². The van der Waals surface area contributed by atoms with Gasteiger partial charge in [0.2, 0.25) is 9.04 Å². The molecule has 0 aliphatic carbocycles. The van der Waals surface area contributed by atoms with Gasteiger partial charge >= 0.3 is 0 Å². The van der Waals surface area contributed by atoms with Crippen LogP contribution in [-0.2, 0) is 4.43 Å². The minimum atomic E-state index is -0.670. The highest BCUT2D eigenvalue weighted by atomic mass is 28.3. The van der Waals surface area contributed by atoms with E-state index in [1.54, 1.807) is 0 Å². The number of rotatable bonds is 2. The molecule has 0 saturated heterocycles. The highest BCUT2D eigenvalue weighted by Gasteiger charge is 2.23. The first-order chi connectivity index (χ1) is 4.88. The third-order valence-electron chi connectivity index (χ3n) is 1.29. The van der Waals surface area contributed by atoms with Crippen LogP contribution >= 0.6 is 0 Å². The average Bonchev–Trinajstić information content (AvgIpc) is 1.79. The second-order valence-electron chi connectivity index (χ2n) is 3.94. The van der Waals surface area contributed by atoms with E-state index >= 15 is 0 Å². The summed E-state index contributed by atoms with van der Waals surface area (Å²) in [7, 11) is -0.670. The van der Waals surface area contributed by atoms with E-state index in [0.717, 1.165) is 0 Å². The summed E-state index contributed by atoms with van der Waals surface area (Å²) in [6, 6.07) is 0. The normalized spacial score (nSPS) is 14.6. The summed E-state index contributed by atoms with van der Waals surface area (Å²) in [6.45, 7) is 10.5. The second kappa shape index (κ2) is 3.94. The molecule has 0 aromatic heterocycles. The van der Waals surface area contributed by atoms with Crippen LogP contribution in [0.15, 0.2) is 0 Å². The van der Waals surface area contributed by atoms with Crippen LogP contribution in [0.25, 0.3) is 0 Å². The Morgan fingerprint density at radius 2 is 1.82 bits per heavy atom. The molecule has 63 valence electrons. The molecule has 0 aliphatic rings. The topological polar surface area (TPSA) is 9.23 Å². The van der Waals surface area contributed by atoms with Crippen molar-refractivity contribution in [3.05, 3.63) is 0 Å². The van der Waals surface area contributed by atoms with Crippen LogP contribution in [0.4, 0.5) is 0 Å². The number of hydrogen-bond donors (Lipinski definition) is 0. The number of hydrogen-bond acceptors (Lipinski definition) is 1. The highest BCUT2D eigenvalue weighted by Crippen LogP contribution is 2.21. The summed E-state index contributed by atoms with van der Waals surface area (Å²) in [5, 5.41) is 0. The van der Waals surface area contributed by atoms with Crippen LogP contribution in [0.2, 0.25) is 13.1 Å². The molecule has 0 bridgehead atoms. The van der Waals surface area contributed by atoms with Crippen molar-refractivity contribution in [2.24, 2.45) is 5.41 Å². The van der Waals surface area contributed by atoms with Crippen molar-refractivity contribution < 1.29 is 4.43 Å². The van der Waals surface area contributed by atoms with Gasteiger partial charge in [-0.2, -0.15) is 0 Å². The maximum atomic E-state index is 5.63. The van der Waals surface area contributed by atoms with Gasteiger partial charge in [-0.15, -0.1) is 6.42 Å². The van der Waals surface area contributed by atoms with Gasteiger partial charge in [-0.1, -0.05) is 26.7 Å². The van der Waals surface area contributed by atoms with Crippen LogP contribution in [0, 0.1) is 17.8 Å². The SMILES string of the molecule is C#CC(O[Si](C)C)C(C)(C)C. The first kappa shape index (κ1) is 10.7. The summed E-state index contributed by atoms with van der Waals surface area (Å²) < 4.78 is 5.63. The van der Waals surface area contributed by atoms with E-state index in [1.165, 1.54) is 0 Å². The largest absolute Gasteiger partial charge is 0.403 e. The van der Waals surface area contributed by atoms with Crippen molar-refractivity contribution >= 4 is 9.04 Å². The van der Waals surface area contributed by atoms with E-state index in [9.17, 15) is 0 Å². The summed E-state index contributed by atoms with van der Waals surface area (Å²) in [5.74, 6) is 2.68. The highest BCUT2D eigenvalue weighted by molar-refractivity contribution is 6.48. The van der Waals surface area contributed by atoms with Gasteiger partial charge in [-0.3, -0.25) is 0 Å². The Kier molecular flexibility index (Phi) is 3.84. The third-order valence-corrected chi connectivity index (χ3v) is 2.00. The molecule has 0 rings (SSSR count). The lowest BCUT2D eigenvalue weighted by Gasteiger charge is -2.27. The van der Waals surface area contributed by atoms with Crippen LogP contribution < -0.4 is 0 Å². The average molecular weight is 169 g/mol. The second-order valence-corrected chi connectivity index (χ2v) is 5.99. The van der Waals surface area contributed by atoms with Crippen LogP contribution in [0.1, 0.15) is 20.8 Å². The Labute approximate surface area is 71.9 Å². The van der Waals surface area contributed by atoms with Crippen molar-refractivity contribution in [1.82, 2.24) is 0 Å². The Balaban J connectivity index is 4.11. The third kappa shape index (κ3) is 4.23. The zero-order valence-corrected chi connectivity index (χ0v) is 9.06. The quantitative estimate of drug-likeness (QED) is 0.455. The predicted octanol–water partition coefficient (Wildman–Crippen LogP) is 2.30. The van der Waals surface area contributed by atoms with E-state index < -0.39 is 9.04 Å². The molecule has 0 spiro atoms. The molecule has 0 aliphatic heterocycles. The molecule has 0 aromatic carbocycles. The van der Waals surface area contributed by atoms with Gasteiger partial charge < -0.3 is 4.43 Å². The zero-order valence-electron chi connectivity index (χ0n) is 8.06. The van der Waals surface area contributed by atoms with E-state index in [-0.39, 0.29) is 11.5 Å². The summed E-state index contributed by atoms with van der Waals surface area (Å²) >= 11 is 0. The van der Waals surface area contributed by atoms with E-state index in [2.05, 4.69) is 39.8 Å². The molecule has 1 nitrogen and oxygen atoms in total. The lowest BCUT2D eigenvalue weighted by Crippen LogP contribution is -2.31. The molecule has 0 fully saturated rings. The van der Waals surface area contributed by atoms with Crippen molar-refractivity contribution in [1.29, 1.82) is 0 Å².